The van der Waals surface area contributed by atoms with Crippen LogP contribution in [0.5, 0.6) is 0 Å². The first-order valence-electron chi connectivity index (χ1n) is 6.24. The second-order valence-electron chi connectivity index (χ2n) is 4.25. The third-order valence-electron chi connectivity index (χ3n) is 3.15. The van der Waals surface area contributed by atoms with Gasteiger partial charge in [0.25, 0.3) is 5.91 Å². The Morgan fingerprint density at radius 3 is 2.58 bits per heavy atom. The number of fused-ring (bicyclic) bond motifs is 1. The molecule has 100 valence electrons. The molecule has 2 aromatic rings. The Hall–Kier alpha value is -2.30. The molecule has 0 atom stereocenters. The van der Waals surface area contributed by atoms with Crippen molar-refractivity contribution in [2.45, 2.75) is 13.8 Å². The smallest absolute Gasteiger partial charge is 0.254 e. The molecule has 0 unspecified atom stereocenters. The van der Waals surface area contributed by atoms with Gasteiger partial charge in [-0.1, -0.05) is 0 Å². The fourth-order valence-corrected chi connectivity index (χ4v) is 2.09. The Morgan fingerprint density at radius 1 is 1.32 bits per heavy atom. The molecule has 19 heavy (non-hydrogen) atoms. The van der Waals surface area contributed by atoms with E-state index >= 15 is 0 Å². The molecule has 0 aliphatic carbocycles. The van der Waals surface area contributed by atoms with Crippen molar-refractivity contribution in [2.24, 2.45) is 5.73 Å². The van der Waals surface area contributed by atoms with Crippen LogP contribution in [0.25, 0.3) is 11.0 Å². The summed E-state index contributed by atoms with van der Waals surface area (Å²) in [6.45, 7) is 5.96. The predicted molar refractivity (Wildman–Crippen MR) is 74.1 cm³/mol. The highest BCUT2D eigenvalue weighted by Crippen LogP contribution is 2.21. The van der Waals surface area contributed by atoms with Crippen LogP contribution in [0, 0.1) is 5.41 Å². The molecule has 0 fully saturated rings. The molecule has 0 bridgehead atoms. The van der Waals surface area contributed by atoms with Crippen molar-refractivity contribution in [2.75, 3.05) is 18.0 Å². The minimum atomic E-state index is -0.650. The largest absolute Gasteiger partial charge is 0.438 e. The van der Waals surface area contributed by atoms with E-state index in [9.17, 15) is 4.79 Å². The topological polar surface area (TPSA) is 83.3 Å². The number of rotatable bonds is 4. The van der Waals surface area contributed by atoms with E-state index in [1.54, 1.807) is 6.07 Å². The molecule has 0 radical (unpaired) electrons. The summed E-state index contributed by atoms with van der Waals surface area (Å²) >= 11 is 0. The molecular formula is C14H17N3O2. The van der Waals surface area contributed by atoms with E-state index in [1.807, 2.05) is 18.2 Å². The third kappa shape index (κ3) is 2.45. The van der Waals surface area contributed by atoms with Crippen LogP contribution < -0.4 is 16.2 Å². The minimum absolute atomic E-state index is 0.100. The molecule has 0 aliphatic rings. The Labute approximate surface area is 111 Å². The Morgan fingerprint density at radius 2 is 2.00 bits per heavy atom. The number of benzene rings is 1. The summed E-state index contributed by atoms with van der Waals surface area (Å²) in [5, 5.41) is 8.43. The van der Waals surface area contributed by atoms with Gasteiger partial charge in [0, 0.05) is 30.2 Å². The molecule has 5 nitrogen and oxygen atoms in total. The number of nitrogens with one attached hydrogen (secondary N) is 1. The number of carbonyl (C=O) groups excluding carboxylic acids is 1. The number of nitrogens with zero attached hydrogens (tertiary/aromatic N) is 1. The molecule has 0 saturated heterocycles. The normalized spacial score (nSPS) is 10.6. The molecule has 1 heterocycles. The van der Waals surface area contributed by atoms with Crippen LogP contribution in [-0.4, -0.2) is 19.0 Å². The molecule has 1 aromatic carbocycles. The number of hydrogen-bond donors (Lipinski definition) is 2. The van der Waals surface area contributed by atoms with Gasteiger partial charge >= 0.3 is 0 Å². The number of primary amides is 1. The van der Waals surface area contributed by atoms with Crippen LogP contribution in [0.4, 0.5) is 5.69 Å². The first kappa shape index (κ1) is 13.1. The van der Waals surface area contributed by atoms with E-state index in [1.165, 1.54) is 0 Å². The number of nitrogens with two attached hydrogens (primary N) is 1. The van der Waals surface area contributed by atoms with Gasteiger partial charge in [-0.15, -0.1) is 0 Å². The van der Waals surface area contributed by atoms with Crippen LogP contribution in [0.15, 0.2) is 28.7 Å². The highest BCUT2D eigenvalue weighted by atomic mass is 16.3. The SMILES string of the molecule is CCN(CC)c1ccc2cc(C(N)=O)c(=N)oc2c1. The van der Waals surface area contributed by atoms with Gasteiger partial charge < -0.3 is 15.1 Å². The Bertz CT molecular complexity index is 672. The zero-order chi connectivity index (χ0) is 14.0. The van der Waals surface area contributed by atoms with Gasteiger partial charge in [-0.3, -0.25) is 10.2 Å². The Kier molecular flexibility index (Phi) is 3.55. The van der Waals surface area contributed by atoms with Gasteiger partial charge in [0.15, 0.2) is 0 Å². The highest BCUT2D eigenvalue weighted by molar-refractivity contribution is 5.95. The van der Waals surface area contributed by atoms with Gasteiger partial charge in [0.05, 0.1) is 0 Å². The van der Waals surface area contributed by atoms with Crippen LogP contribution in [0.3, 0.4) is 0 Å². The molecule has 3 N–H and O–H groups in total. The zero-order valence-corrected chi connectivity index (χ0v) is 11.1. The standard InChI is InChI=1S/C14H17N3O2/c1-3-17(4-2)10-6-5-9-7-11(13(15)18)14(16)19-12(9)8-10/h5-8,16H,3-4H2,1-2H3,(H2,15,18). The van der Waals surface area contributed by atoms with Crippen LogP contribution in [-0.2, 0) is 0 Å². The molecule has 0 spiro atoms. The predicted octanol–water partition coefficient (Wildman–Crippen LogP) is 1.86. The zero-order valence-electron chi connectivity index (χ0n) is 11.1. The van der Waals surface area contributed by atoms with Crippen molar-refractivity contribution in [3.8, 4) is 0 Å². The van der Waals surface area contributed by atoms with E-state index in [2.05, 4.69) is 18.7 Å². The second-order valence-corrected chi connectivity index (χ2v) is 4.25. The monoisotopic (exact) mass is 259 g/mol. The van der Waals surface area contributed by atoms with E-state index in [0.717, 1.165) is 24.2 Å². The molecule has 1 aromatic heterocycles. The summed E-state index contributed by atoms with van der Waals surface area (Å²) in [5.41, 5.74) is 6.72. The quantitative estimate of drug-likeness (QED) is 0.879. The minimum Gasteiger partial charge on any atom is -0.438 e. The lowest BCUT2D eigenvalue weighted by Gasteiger charge is -2.21. The summed E-state index contributed by atoms with van der Waals surface area (Å²) in [6, 6.07) is 7.32. The summed E-state index contributed by atoms with van der Waals surface area (Å²) in [7, 11) is 0. The molecular weight excluding hydrogens is 242 g/mol. The van der Waals surface area contributed by atoms with Gasteiger partial charge in [-0.05, 0) is 32.0 Å². The van der Waals surface area contributed by atoms with Crippen molar-refractivity contribution in [1.29, 1.82) is 5.41 Å². The van der Waals surface area contributed by atoms with E-state index in [-0.39, 0.29) is 11.1 Å². The highest BCUT2D eigenvalue weighted by Gasteiger charge is 2.09. The van der Waals surface area contributed by atoms with Gasteiger partial charge in [0.1, 0.15) is 11.1 Å². The molecule has 0 saturated carbocycles. The number of hydrogen-bond acceptors (Lipinski definition) is 4. The fraction of sp³-hybridized carbons (Fsp3) is 0.286. The lowest BCUT2D eigenvalue weighted by atomic mass is 10.1. The maximum absolute atomic E-state index is 11.2. The van der Waals surface area contributed by atoms with Gasteiger partial charge in [0.2, 0.25) is 5.55 Å². The average molecular weight is 259 g/mol. The molecule has 2 rings (SSSR count). The Balaban J connectivity index is 2.59. The maximum Gasteiger partial charge on any atom is 0.254 e. The lowest BCUT2D eigenvalue weighted by molar-refractivity contribution is 0.0996. The third-order valence-corrected chi connectivity index (χ3v) is 3.15. The van der Waals surface area contributed by atoms with Crippen LogP contribution in [0.2, 0.25) is 0 Å². The number of carbonyl (C=O) groups is 1. The van der Waals surface area contributed by atoms with Gasteiger partial charge in [-0.2, -0.15) is 0 Å². The van der Waals surface area contributed by atoms with E-state index in [4.69, 9.17) is 15.6 Å². The summed E-state index contributed by atoms with van der Waals surface area (Å²) in [6.07, 6.45) is 0. The molecule has 1 amide bonds. The maximum atomic E-state index is 11.2. The summed E-state index contributed by atoms with van der Waals surface area (Å²) in [4.78, 5) is 13.3. The first-order valence-corrected chi connectivity index (χ1v) is 6.24. The first-order chi connectivity index (χ1) is 9.06. The van der Waals surface area contributed by atoms with E-state index < -0.39 is 5.91 Å². The second kappa shape index (κ2) is 5.14. The van der Waals surface area contributed by atoms with Crippen molar-refractivity contribution in [1.82, 2.24) is 0 Å². The van der Waals surface area contributed by atoms with Crippen molar-refractivity contribution >= 4 is 22.6 Å². The van der Waals surface area contributed by atoms with E-state index in [0.29, 0.717) is 5.58 Å². The van der Waals surface area contributed by atoms with Crippen LogP contribution >= 0.6 is 0 Å². The summed E-state index contributed by atoms with van der Waals surface area (Å²) in [5.74, 6) is -0.650. The molecule has 0 aliphatic heterocycles. The van der Waals surface area contributed by atoms with Crippen LogP contribution in [0.1, 0.15) is 24.2 Å². The fourth-order valence-electron chi connectivity index (χ4n) is 2.09. The lowest BCUT2D eigenvalue weighted by Crippen LogP contribution is -2.22. The van der Waals surface area contributed by atoms with Crippen molar-refractivity contribution in [3.63, 3.8) is 0 Å². The van der Waals surface area contributed by atoms with Gasteiger partial charge in [-0.25, -0.2) is 0 Å². The number of amides is 1. The van der Waals surface area contributed by atoms with Crippen molar-refractivity contribution < 1.29 is 9.21 Å². The average Bonchev–Trinajstić information content (AvgIpc) is 2.38. The van der Waals surface area contributed by atoms with Crippen molar-refractivity contribution in [3.05, 3.63) is 35.4 Å². The summed E-state index contributed by atoms with van der Waals surface area (Å²) < 4.78 is 5.37. The molecule has 5 heteroatoms. The number of anilines is 1.